The van der Waals surface area contributed by atoms with E-state index in [0.29, 0.717) is 12.8 Å². The van der Waals surface area contributed by atoms with Crippen molar-refractivity contribution in [2.45, 2.75) is 32.9 Å². The van der Waals surface area contributed by atoms with E-state index in [2.05, 4.69) is 5.32 Å². The number of carbonyl (C=O) groups is 4. The highest BCUT2D eigenvalue weighted by atomic mass is 16.5. The Morgan fingerprint density at radius 3 is 2.33 bits per heavy atom. The first kappa shape index (κ1) is 22.6. The molecule has 2 atom stereocenters. The van der Waals surface area contributed by atoms with E-state index in [4.69, 9.17) is 10.5 Å². The molecule has 8 nitrogen and oxygen atoms in total. The van der Waals surface area contributed by atoms with Crippen molar-refractivity contribution in [3.8, 4) is 0 Å². The van der Waals surface area contributed by atoms with Gasteiger partial charge in [-0.15, -0.1) is 0 Å². The Labute approximate surface area is 175 Å². The van der Waals surface area contributed by atoms with E-state index in [9.17, 15) is 19.2 Å². The molecular weight excluding hydrogens is 386 g/mol. The van der Waals surface area contributed by atoms with Gasteiger partial charge >= 0.3 is 6.09 Å². The predicted molar refractivity (Wildman–Crippen MR) is 112 cm³/mol. The maximum atomic E-state index is 13.1. The van der Waals surface area contributed by atoms with Gasteiger partial charge in [0.2, 0.25) is 6.41 Å². The van der Waals surface area contributed by atoms with Crippen LogP contribution in [0.15, 0.2) is 54.6 Å². The standard InChI is InChI=1S/C22H25N3O5/c1-3-15(2)19(24-22(29)30-13-16-9-5-4-6-10-16)21(28)25(14-26)18-12-8-7-11-17(18)20(23)27/h4-12,14-15,19H,3,13H2,1-2H3,(H2,23,27)(H,24,29)/t15-,19-/m0/s1. The van der Waals surface area contributed by atoms with Crippen LogP contribution < -0.4 is 16.0 Å². The molecule has 3 N–H and O–H groups in total. The average molecular weight is 411 g/mol. The van der Waals surface area contributed by atoms with Crippen LogP contribution in [0.5, 0.6) is 0 Å². The molecule has 158 valence electrons. The Kier molecular flexibility index (Phi) is 8.10. The predicted octanol–water partition coefficient (Wildman–Crippen LogP) is 2.62. The second kappa shape index (κ2) is 10.8. The largest absolute Gasteiger partial charge is 0.445 e. The van der Waals surface area contributed by atoms with Crippen LogP contribution in [0.4, 0.5) is 10.5 Å². The number of nitrogens with one attached hydrogen (secondary N) is 1. The smallest absolute Gasteiger partial charge is 0.408 e. The van der Waals surface area contributed by atoms with E-state index in [1.807, 2.05) is 25.1 Å². The second-order valence-electron chi connectivity index (χ2n) is 6.76. The Hall–Kier alpha value is -3.68. The fraction of sp³-hybridized carbons (Fsp3) is 0.273. The number of benzene rings is 2. The number of rotatable bonds is 9. The van der Waals surface area contributed by atoms with Gasteiger partial charge in [0.15, 0.2) is 0 Å². The molecular formula is C22H25N3O5. The van der Waals surface area contributed by atoms with Gasteiger partial charge < -0.3 is 15.8 Å². The lowest BCUT2D eigenvalue weighted by molar-refractivity contribution is -0.124. The molecule has 8 heteroatoms. The van der Waals surface area contributed by atoms with Crippen molar-refractivity contribution in [3.63, 3.8) is 0 Å². The summed E-state index contributed by atoms with van der Waals surface area (Å²) in [5.74, 6) is -1.77. The van der Waals surface area contributed by atoms with E-state index in [-0.39, 0.29) is 23.8 Å². The number of hydrogen-bond donors (Lipinski definition) is 2. The number of hydrogen-bond acceptors (Lipinski definition) is 5. The second-order valence-corrected chi connectivity index (χ2v) is 6.76. The van der Waals surface area contributed by atoms with E-state index in [1.54, 1.807) is 31.2 Å². The van der Waals surface area contributed by atoms with Gasteiger partial charge in [0.1, 0.15) is 12.6 Å². The molecule has 0 aliphatic carbocycles. The van der Waals surface area contributed by atoms with Crippen LogP contribution in [0.2, 0.25) is 0 Å². The third kappa shape index (κ3) is 5.66. The highest BCUT2D eigenvalue weighted by Gasteiger charge is 2.32. The molecule has 0 saturated heterocycles. The number of para-hydroxylation sites is 1. The number of nitrogens with two attached hydrogens (primary N) is 1. The van der Waals surface area contributed by atoms with Crippen molar-refractivity contribution >= 4 is 30.0 Å². The first-order chi connectivity index (χ1) is 14.4. The SMILES string of the molecule is CC[C@H](C)[C@H](NC(=O)OCc1ccccc1)C(=O)N(C=O)c1ccccc1C(N)=O. The van der Waals surface area contributed by atoms with E-state index >= 15 is 0 Å². The minimum absolute atomic E-state index is 0.0208. The zero-order valence-corrected chi connectivity index (χ0v) is 16.9. The third-order valence-corrected chi connectivity index (χ3v) is 4.74. The number of ether oxygens (including phenoxy) is 1. The van der Waals surface area contributed by atoms with Gasteiger partial charge in [-0.3, -0.25) is 19.3 Å². The summed E-state index contributed by atoms with van der Waals surface area (Å²) in [4.78, 5) is 49.7. The van der Waals surface area contributed by atoms with Crippen molar-refractivity contribution in [1.82, 2.24) is 5.32 Å². The van der Waals surface area contributed by atoms with Crippen LogP contribution in [0, 0.1) is 5.92 Å². The van der Waals surface area contributed by atoms with Gasteiger partial charge in [-0.25, -0.2) is 4.79 Å². The topological polar surface area (TPSA) is 119 Å². The number of primary amides is 1. The number of alkyl carbamates (subject to hydrolysis) is 1. The molecule has 2 aromatic carbocycles. The molecule has 0 unspecified atom stereocenters. The lowest BCUT2D eigenvalue weighted by Gasteiger charge is -2.27. The average Bonchev–Trinajstić information content (AvgIpc) is 2.76. The lowest BCUT2D eigenvalue weighted by Crippen LogP contribution is -2.52. The Morgan fingerprint density at radius 1 is 1.10 bits per heavy atom. The summed E-state index contributed by atoms with van der Waals surface area (Å²) in [6.45, 7) is 3.66. The van der Waals surface area contributed by atoms with Crippen molar-refractivity contribution in [2.75, 3.05) is 4.90 Å². The highest BCUT2D eigenvalue weighted by molar-refractivity contribution is 6.14. The Bertz CT molecular complexity index is 901. The van der Waals surface area contributed by atoms with E-state index < -0.39 is 23.9 Å². The van der Waals surface area contributed by atoms with E-state index in [0.717, 1.165) is 10.5 Å². The van der Waals surface area contributed by atoms with Gasteiger partial charge in [-0.2, -0.15) is 0 Å². The zero-order chi connectivity index (χ0) is 22.1. The number of amides is 4. The van der Waals surface area contributed by atoms with Crippen molar-refractivity contribution in [1.29, 1.82) is 0 Å². The molecule has 4 amide bonds. The molecule has 0 aliphatic heterocycles. The fourth-order valence-corrected chi connectivity index (χ4v) is 2.84. The van der Waals surface area contributed by atoms with Gasteiger partial charge in [-0.05, 0) is 23.6 Å². The molecule has 0 aromatic heterocycles. The molecule has 0 aliphatic rings. The van der Waals surface area contributed by atoms with Gasteiger partial charge in [0, 0.05) is 0 Å². The summed E-state index contributed by atoms with van der Waals surface area (Å²) in [5.41, 5.74) is 6.23. The molecule has 0 spiro atoms. The Morgan fingerprint density at radius 2 is 1.73 bits per heavy atom. The molecule has 0 fully saturated rings. The van der Waals surface area contributed by atoms with Crippen molar-refractivity contribution < 1.29 is 23.9 Å². The summed E-state index contributed by atoms with van der Waals surface area (Å²) in [6, 6.07) is 14.1. The minimum Gasteiger partial charge on any atom is -0.445 e. The summed E-state index contributed by atoms with van der Waals surface area (Å²) >= 11 is 0. The number of anilines is 1. The number of imide groups is 1. The molecule has 0 bridgehead atoms. The summed E-state index contributed by atoms with van der Waals surface area (Å²) in [5, 5.41) is 2.54. The van der Waals surface area contributed by atoms with Crippen LogP contribution in [-0.2, 0) is 20.9 Å². The zero-order valence-electron chi connectivity index (χ0n) is 16.9. The van der Waals surface area contributed by atoms with Crippen LogP contribution in [0.25, 0.3) is 0 Å². The van der Waals surface area contributed by atoms with Crippen LogP contribution in [0.3, 0.4) is 0 Å². The maximum absolute atomic E-state index is 13.1. The molecule has 2 rings (SSSR count). The first-order valence-corrected chi connectivity index (χ1v) is 9.53. The number of nitrogens with zero attached hydrogens (tertiary/aromatic N) is 1. The van der Waals surface area contributed by atoms with Gasteiger partial charge in [0.05, 0.1) is 11.3 Å². The summed E-state index contributed by atoms with van der Waals surface area (Å²) in [7, 11) is 0. The van der Waals surface area contributed by atoms with Crippen molar-refractivity contribution in [3.05, 3.63) is 65.7 Å². The highest BCUT2D eigenvalue weighted by Crippen LogP contribution is 2.22. The molecule has 0 heterocycles. The maximum Gasteiger partial charge on any atom is 0.408 e. The first-order valence-electron chi connectivity index (χ1n) is 9.53. The quantitative estimate of drug-likeness (QED) is 0.615. The van der Waals surface area contributed by atoms with E-state index in [1.165, 1.54) is 12.1 Å². The molecule has 0 radical (unpaired) electrons. The van der Waals surface area contributed by atoms with Crippen LogP contribution in [0.1, 0.15) is 36.2 Å². The minimum atomic E-state index is -1.04. The molecule has 2 aromatic rings. The van der Waals surface area contributed by atoms with Crippen LogP contribution in [-0.4, -0.2) is 30.4 Å². The lowest BCUT2D eigenvalue weighted by atomic mass is 9.97. The van der Waals surface area contributed by atoms with Gasteiger partial charge in [-0.1, -0.05) is 62.7 Å². The monoisotopic (exact) mass is 411 g/mol. The fourth-order valence-electron chi connectivity index (χ4n) is 2.84. The van der Waals surface area contributed by atoms with Gasteiger partial charge in [0.25, 0.3) is 11.8 Å². The molecule has 0 saturated carbocycles. The summed E-state index contributed by atoms with van der Waals surface area (Å²) < 4.78 is 5.20. The van der Waals surface area contributed by atoms with Crippen LogP contribution >= 0.6 is 0 Å². The third-order valence-electron chi connectivity index (χ3n) is 4.74. The Balaban J connectivity index is 2.20. The summed E-state index contributed by atoms with van der Waals surface area (Å²) in [6.07, 6.45) is 0.0715. The van der Waals surface area contributed by atoms with Crippen molar-refractivity contribution in [2.24, 2.45) is 11.7 Å². The number of carbonyl (C=O) groups excluding carboxylic acids is 4. The molecule has 30 heavy (non-hydrogen) atoms. The normalized spacial score (nSPS) is 12.3.